The number of rotatable bonds is 7. The first kappa shape index (κ1) is 24.1. The quantitative estimate of drug-likeness (QED) is 0.380. The third kappa shape index (κ3) is 5.24. The molecule has 2 N–H and O–H groups in total. The van der Waals surface area contributed by atoms with Crippen LogP contribution in [0.3, 0.4) is 0 Å². The van der Waals surface area contributed by atoms with Gasteiger partial charge in [0, 0.05) is 11.4 Å². The molecule has 0 radical (unpaired) electrons. The number of carbonyl (C=O) groups excluding carboxylic acids is 2. The van der Waals surface area contributed by atoms with Crippen molar-refractivity contribution in [1.29, 1.82) is 0 Å². The number of amides is 2. The van der Waals surface area contributed by atoms with Gasteiger partial charge in [0.2, 0.25) is 0 Å². The van der Waals surface area contributed by atoms with E-state index in [1.165, 1.54) is 15.9 Å². The molecule has 10 nitrogen and oxygen atoms in total. The number of hydrogen-bond acceptors (Lipinski definition) is 6. The lowest BCUT2D eigenvalue weighted by atomic mass is 10.2. The molecule has 35 heavy (non-hydrogen) atoms. The van der Waals surface area contributed by atoms with Gasteiger partial charge >= 0.3 is 5.69 Å². The van der Waals surface area contributed by atoms with Crippen molar-refractivity contribution in [2.24, 2.45) is 5.92 Å². The standard InChI is InChI=1S/C24H26N6O4S/c1-15(2)11-28-14-25-21-20(28)23(33)30(24(34)29(21)12-17-7-5-4-6-8-17)13-19(31)26-27-22(32)18-10-9-16(3)35-18/h4-10,14-15H,11-13H2,1-3H3,(H,26,31)(H,27,32). The van der Waals surface area contributed by atoms with Crippen molar-refractivity contribution in [3.63, 3.8) is 0 Å². The van der Waals surface area contributed by atoms with Crippen LogP contribution in [0, 0.1) is 12.8 Å². The number of carbonyl (C=O) groups is 2. The zero-order valence-electron chi connectivity index (χ0n) is 19.6. The van der Waals surface area contributed by atoms with Gasteiger partial charge in [-0.05, 0) is 30.5 Å². The molecule has 0 unspecified atom stereocenters. The van der Waals surface area contributed by atoms with Gasteiger partial charge in [-0.2, -0.15) is 0 Å². The average Bonchev–Trinajstić information content (AvgIpc) is 3.44. The summed E-state index contributed by atoms with van der Waals surface area (Å²) in [6.07, 6.45) is 1.54. The molecule has 0 aliphatic heterocycles. The molecular formula is C24H26N6O4S. The van der Waals surface area contributed by atoms with Crippen LogP contribution in [0.15, 0.2) is 58.4 Å². The summed E-state index contributed by atoms with van der Waals surface area (Å²) in [6.45, 7) is 6.04. The van der Waals surface area contributed by atoms with Crippen molar-refractivity contribution in [1.82, 2.24) is 29.5 Å². The number of nitrogens with one attached hydrogen (secondary N) is 2. The largest absolute Gasteiger partial charge is 0.333 e. The van der Waals surface area contributed by atoms with Gasteiger partial charge in [0.25, 0.3) is 17.4 Å². The Labute approximate surface area is 204 Å². The van der Waals surface area contributed by atoms with E-state index in [0.29, 0.717) is 11.4 Å². The number of nitrogens with zero attached hydrogens (tertiary/aromatic N) is 4. The van der Waals surface area contributed by atoms with E-state index in [1.807, 2.05) is 51.1 Å². The first-order valence-electron chi connectivity index (χ1n) is 11.1. The molecule has 4 rings (SSSR count). The monoisotopic (exact) mass is 494 g/mol. The zero-order chi connectivity index (χ0) is 25.1. The van der Waals surface area contributed by atoms with Gasteiger partial charge in [0.1, 0.15) is 6.54 Å². The second-order valence-electron chi connectivity index (χ2n) is 8.62. The maximum atomic E-state index is 13.3. The molecule has 0 bridgehead atoms. The Morgan fingerprint density at radius 3 is 2.43 bits per heavy atom. The van der Waals surface area contributed by atoms with Crippen molar-refractivity contribution in [2.45, 2.75) is 40.4 Å². The van der Waals surface area contributed by atoms with Crippen molar-refractivity contribution in [2.75, 3.05) is 0 Å². The van der Waals surface area contributed by atoms with Crippen molar-refractivity contribution >= 4 is 34.3 Å². The minimum atomic E-state index is -0.702. The normalized spacial score (nSPS) is 11.2. The number of hydrogen-bond donors (Lipinski definition) is 2. The van der Waals surface area contributed by atoms with E-state index in [1.54, 1.807) is 23.0 Å². The molecule has 182 valence electrons. The Morgan fingerprint density at radius 1 is 1.03 bits per heavy atom. The number of thiophene rings is 1. The molecule has 0 saturated carbocycles. The zero-order valence-corrected chi connectivity index (χ0v) is 20.5. The van der Waals surface area contributed by atoms with E-state index in [9.17, 15) is 19.2 Å². The van der Waals surface area contributed by atoms with Gasteiger partial charge in [-0.1, -0.05) is 44.2 Å². The van der Waals surface area contributed by atoms with Gasteiger partial charge in [-0.15, -0.1) is 11.3 Å². The summed E-state index contributed by atoms with van der Waals surface area (Å²) in [5.41, 5.74) is 4.72. The summed E-state index contributed by atoms with van der Waals surface area (Å²) in [5.74, 6) is -0.948. The lowest BCUT2D eigenvalue weighted by Gasteiger charge is -2.13. The molecule has 0 aliphatic rings. The van der Waals surface area contributed by atoms with E-state index in [-0.39, 0.29) is 23.6 Å². The minimum Gasteiger partial charge on any atom is -0.324 e. The smallest absolute Gasteiger partial charge is 0.324 e. The molecule has 0 saturated heterocycles. The second kappa shape index (κ2) is 10.1. The molecule has 1 aromatic carbocycles. The Balaban J connectivity index is 1.68. The molecule has 4 aromatic rings. The van der Waals surface area contributed by atoms with Gasteiger partial charge in [-0.3, -0.25) is 29.8 Å². The van der Waals surface area contributed by atoms with Gasteiger partial charge < -0.3 is 4.57 Å². The molecule has 0 fully saturated rings. The molecule has 0 atom stereocenters. The van der Waals surface area contributed by atoms with Crippen LogP contribution in [0.25, 0.3) is 11.2 Å². The number of hydrazine groups is 1. The molecule has 3 aromatic heterocycles. The van der Waals surface area contributed by atoms with Crippen LogP contribution in [0.2, 0.25) is 0 Å². The minimum absolute atomic E-state index is 0.186. The second-order valence-corrected chi connectivity index (χ2v) is 9.91. The predicted molar refractivity (Wildman–Crippen MR) is 133 cm³/mol. The third-order valence-electron chi connectivity index (χ3n) is 5.31. The molecule has 0 spiro atoms. The van der Waals surface area contributed by atoms with Gasteiger partial charge in [0.15, 0.2) is 11.2 Å². The van der Waals surface area contributed by atoms with Crippen LogP contribution in [-0.4, -0.2) is 30.5 Å². The Morgan fingerprint density at radius 2 is 1.77 bits per heavy atom. The maximum Gasteiger partial charge on any atom is 0.333 e. The fourth-order valence-corrected chi connectivity index (χ4v) is 4.51. The van der Waals surface area contributed by atoms with E-state index >= 15 is 0 Å². The summed E-state index contributed by atoms with van der Waals surface area (Å²) < 4.78 is 3.97. The van der Waals surface area contributed by atoms with Gasteiger partial charge in [-0.25, -0.2) is 14.3 Å². The highest BCUT2D eigenvalue weighted by Gasteiger charge is 2.20. The van der Waals surface area contributed by atoms with Crippen LogP contribution in [0.5, 0.6) is 0 Å². The van der Waals surface area contributed by atoms with E-state index in [0.717, 1.165) is 15.0 Å². The number of aromatic nitrogens is 4. The average molecular weight is 495 g/mol. The van der Waals surface area contributed by atoms with Crippen LogP contribution in [-0.2, 0) is 24.4 Å². The molecule has 2 amide bonds. The van der Waals surface area contributed by atoms with Crippen molar-refractivity contribution in [3.8, 4) is 0 Å². The summed E-state index contributed by atoms with van der Waals surface area (Å²) in [5, 5.41) is 0. The summed E-state index contributed by atoms with van der Waals surface area (Å²) >= 11 is 1.29. The number of fused-ring (bicyclic) bond motifs is 1. The number of imidazole rings is 1. The molecule has 3 heterocycles. The van der Waals surface area contributed by atoms with Crippen molar-refractivity contribution < 1.29 is 9.59 Å². The first-order valence-corrected chi connectivity index (χ1v) is 11.9. The first-order chi connectivity index (χ1) is 16.7. The van der Waals surface area contributed by atoms with E-state index < -0.39 is 29.6 Å². The number of aryl methyl sites for hydroxylation is 1. The topological polar surface area (TPSA) is 120 Å². The molecule has 11 heteroatoms. The Hall–Kier alpha value is -3.99. The van der Waals surface area contributed by atoms with E-state index in [4.69, 9.17) is 0 Å². The highest BCUT2D eigenvalue weighted by Crippen LogP contribution is 2.14. The predicted octanol–water partition coefficient (Wildman–Crippen LogP) is 1.90. The molecular weight excluding hydrogens is 468 g/mol. The highest BCUT2D eigenvalue weighted by molar-refractivity contribution is 7.13. The third-order valence-corrected chi connectivity index (χ3v) is 6.31. The van der Waals surface area contributed by atoms with E-state index in [2.05, 4.69) is 15.8 Å². The SMILES string of the molecule is Cc1ccc(C(=O)NNC(=O)Cn2c(=O)c3c(ncn3CC(C)C)n(Cc3ccccc3)c2=O)s1. The highest BCUT2D eigenvalue weighted by atomic mass is 32.1. The lowest BCUT2D eigenvalue weighted by Crippen LogP contribution is -2.48. The number of benzene rings is 1. The summed E-state index contributed by atoms with van der Waals surface area (Å²) in [4.78, 5) is 57.3. The fraction of sp³-hybridized carbons (Fsp3) is 0.292. The fourth-order valence-electron chi connectivity index (χ4n) is 3.75. The van der Waals surface area contributed by atoms with Crippen LogP contribution in [0.4, 0.5) is 0 Å². The summed E-state index contributed by atoms with van der Waals surface area (Å²) in [7, 11) is 0. The Bertz CT molecular complexity index is 1500. The van der Waals surface area contributed by atoms with Crippen LogP contribution in [0.1, 0.15) is 34.0 Å². The van der Waals surface area contributed by atoms with Crippen LogP contribution < -0.4 is 22.1 Å². The van der Waals surface area contributed by atoms with Gasteiger partial charge in [0.05, 0.1) is 17.7 Å². The summed E-state index contributed by atoms with van der Waals surface area (Å²) in [6, 6.07) is 12.8. The Kier molecular flexibility index (Phi) is 6.97. The van der Waals surface area contributed by atoms with Crippen LogP contribution >= 0.6 is 11.3 Å². The van der Waals surface area contributed by atoms with Crippen molar-refractivity contribution in [3.05, 3.63) is 84.9 Å². The molecule has 0 aliphatic carbocycles. The maximum absolute atomic E-state index is 13.3. The lowest BCUT2D eigenvalue weighted by molar-refractivity contribution is -0.122.